The maximum absolute atomic E-state index is 11.0. The van der Waals surface area contributed by atoms with Crippen LogP contribution in [0, 0.1) is 0 Å². The highest BCUT2D eigenvalue weighted by molar-refractivity contribution is 7.99. The topological polar surface area (TPSA) is 58.6 Å². The molecule has 0 heterocycles. The number of nitrogens with one attached hydrogen (secondary N) is 1. The molecule has 4 nitrogen and oxygen atoms in total. The number of carbonyl (C=O) groups is 1. The van der Waals surface area contributed by atoms with Gasteiger partial charge in [0.2, 0.25) is 5.91 Å². The fraction of sp³-hybridized carbons (Fsp3) is 0.235. The number of hydrogen-bond acceptors (Lipinski definition) is 4. The number of anilines is 1. The Morgan fingerprint density at radius 1 is 1.25 bits per heavy atom. The summed E-state index contributed by atoms with van der Waals surface area (Å²) in [5.74, 6) is 0.813. The Kier molecular flexibility index (Phi) is 7.24. The van der Waals surface area contributed by atoms with E-state index in [4.69, 9.17) is 27.9 Å². The molecule has 7 heteroatoms. The molecule has 0 spiro atoms. The van der Waals surface area contributed by atoms with Crippen molar-refractivity contribution >= 4 is 46.6 Å². The Morgan fingerprint density at radius 3 is 2.62 bits per heavy atom. The second-order valence-electron chi connectivity index (χ2n) is 5.06. The van der Waals surface area contributed by atoms with E-state index in [9.17, 15) is 9.90 Å². The van der Waals surface area contributed by atoms with Crippen LogP contribution in [0.1, 0.15) is 6.92 Å². The van der Waals surface area contributed by atoms with Gasteiger partial charge in [-0.25, -0.2) is 0 Å². The molecule has 0 aliphatic heterocycles. The fourth-order valence-corrected chi connectivity index (χ4v) is 3.00. The molecule has 0 radical (unpaired) electrons. The average molecular weight is 386 g/mol. The second kappa shape index (κ2) is 9.18. The molecule has 0 saturated heterocycles. The molecular weight excluding hydrogens is 369 g/mol. The van der Waals surface area contributed by atoms with Crippen molar-refractivity contribution in [3.05, 3.63) is 52.5 Å². The maximum Gasteiger partial charge on any atom is 0.221 e. The summed E-state index contributed by atoms with van der Waals surface area (Å²) in [6, 6.07) is 12.3. The van der Waals surface area contributed by atoms with E-state index in [2.05, 4.69) is 5.32 Å². The monoisotopic (exact) mass is 385 g/mol. The zero-order valence-corrected chi connectivity index (χ0v) is 15.3. The maximum atomic E-state index is 11.0. The van der Waals surface area contributed by atoms with Gasteiger partial charge in [-0.05, 0) is 36.4 Å². The lowest BCUT2D eigenvalue weighted by Crippen LogP contribution is -2.20. The van der Waals surface area contributed by atoms with Crippen LogP contribution in [0.2, 0.25) is 10.0 Å². The van der Waals surface area contributed by atoms with Gasteiger partial charge < -0.3 is 15.2 Å². The molecule has 128 valence electrons. The van der Waals surface area contributed by atoms with E-state index in [1.54, 1.807) is 18.2 Å². The van der Waals surface area contributed by atoms with E-state index >= 15 is 0 Å². The van der Waals surface area contributed by atoms with Crippen molar-refractivity contribution in [2.45, 2.75) is 17.9 Å². The molecule has 0 saturated carbocycles. The van der Waals surface area contributed by atoms with Crippen LogP contribution in [-0.4, -0.2) is 29.5 Å². The third-order valence-corrected chi connectivity index (χ3v) is 4.65. The van der Waals surface area contributed by atoms with Crippen molar-refractivity contribution in [1.29, 1.82) is 0 Å². The van der Waals surface area contributed by atoms with E-state index in [1.807, 2.05) is 24.3 Å². The average Bonchev–Trinajstić information content (AvgIpc) is 2.54. The summed E-state index contributed by atoms with van der Waals surface area (Å²) in [6.45, 7) is 1.59. The lowest BCUT2D eigenvalue weighted by atomic mass is 10.3. The molecule has 0 aliphatic rings. The van der Waals surface area contributed by atoms with Gasteiger partial charge in [-0.15, -0.1) is 11.8 Å². The van der Waals surface area contributed by atoms with Crippen LogP contribution in [0.15, 0.2) is 47.4 Å². The summed E-state index contributed by atoms with van der Waals surface area (Å²) >= 11 is 13.4. The standard InChI is InChI=1S/C17H17Cl2NO3S/c1-11(21)20-13-3-5-15(6-4-13)24-10-14(22)9-23-17-8-12(18)2-7-16(17)19/h2-8,14,22H,9-10H2,1H3,(H,20,21)/t14-/m1/s1. The van der Waals surface area contributed by atoms with Gasteiger partial charge in [0.1, 0.15) is 12.4 Å². The first-order valence-corrected chi connectivity index (χ1v) is 8.94. The van der Waals surface area contributed by atoms with Gasteiger partial charge in [0.25, 0.3) is 0 Å². The number of aliphatic hydroxyl groups excluding tert-OH is 1. The quantitative estimate of drug-likeness (QED) is 0.689. The molecule has 2 N–H and O–H groups in total. The van der Waals surface area contributed by atoms with Gasteiger partial charge in [-0.2, -0.15) is 0 Å². The fourth-order valence-electron chi connectivity index (χ4n) is 1.85. The molecule has 2 aromatic carbocycles. The van der Waals surface area contributed by atoms with Crippen LogP contribution in [0.5, 0.6) is 5.75 Å². The Hall–Kier alpha value is -1.40. The largest absolute Gasteiger partial charge is 0.489 e. The predicted octanol–water partition coefficient (Wildman–Crippen LogP) is 4.48. The normalized spacial score (nSPS) is 11.8. The summed E-state index contributed by atoms with van der Waals surface area (Å²) in [4.78, 5) is 12.0. The minimum Gasteiger partial charge on any atom is -0.489 e. The number of thioether (sulfide) groups is 1. The first-order chi connectivity index (χ1) is 11.4. The lowest BCUT2D eigenvalue weighted by molar-refractivity contribution is -0.114. The molecule has 0 aliphatic carbocycles. The van der Waals surface area contributed by atoms with Gasteiger partial charge in [-0.3, -0.25) is 4.79 Å². The SMILES string of the molecule is CC(=O)Nc1ccc(SC[C@H](O)COc2cc(Cl)ccc2Cl)cc1. The Bertz CT molecular complexity index is 695. The Morgan fingerprint density at radius 2 is 1.96 bits per heavy atom. The van der Waals surface area contributed by atoms with Crippen molar-refractivity contribution < 1.29 is 14.6 Å². The van der Waals surface area contributed by atoms with Gasteiger partial charge in [0.05, 0.1) is 11.1 Å². The molecule has 24 heavy (non-hydrogen) atoms. The summed E-state index contributed by atoms with van der Waals surface area (Å²) in [6.07, 6.45) is -0.653. The molecule has 0 aromatic heterocycles. The summed E-state index contributed by atoms with van der Waals surface area (Å²) in [7, 11) is 0. The number of halogens is 2. The number of ether oxygens (including phenoxy) is 1. The third kappa shape index (κ3) is 6.24. The number of rotatable bonds is 7. The second-order valence-corrected chi connectivity index (χ2v) is 6.99. The highest BCUT2D eigenvalue weighted by Gasteiger charge is 2.09. The molecule has 1 amide bonds. The molecule has 2 rings (SSSR count). The predicted molar refractivity (Wildman–Crippen MR) is 99.4 cm³/mol. The third-order valence-electron chi connectivity index (χ3n) is 2.94. The van der Waals surface area contributed by atoms with Gasteiger partial charge >= 0.3 is 0 Å². The van der Waals surface area contributed by atoms with Crippen molar-refractivity contribution in [3.8, 4) is 5.75 Å². The smallest absolute Gasteiger partial charge is 0.221 e. The summed E-state index contributed by atoms with van der Waals surface area (Å²) in [5, 5.41) is 13.7. The van der Waals surface area contributed by atoms with Crippen LogP contribution < -0.4 is 10.1 Å². The Balaban J connectivity index is 1.79. The first-order valence-electron chi connectivity index (χ1n) is 7.20. The van der Waals surface area contributed by atoms with Crippen molar-refractivity contribution in [2.75, 3.05) is 17.7 Å². The minimum absolute atomic E-state index is 0.109. The van der Waals surface area contributed by atoms with Gasteiger partial charge in [-0.1, -0.05) is 23.2 Å². The number of aliphatic hydroxyl groups is 1. The van der Waals surface area contributed by atoms with E-state index in [0.717, 1.165) is 10.6 Å². The molecule has 0 bridgehead atoms. The Labute approximate surface area is 155 Å². The zero-order chi connectivity index (χ0) is 17.5. The number of hydrogen-bond donors (Lipinski definition) is 2. The van der Waals surface area contributed by atoms with E-state index in [-0.39, 0.29) is 12.5 Å². The van der Waals surface area contributed by atoms with Crippen LogP contribution in [0.4, 0.5) is 5.69 Å². The molecule has 1 atom stereocenters. The van der Waals surface area contributed by atoms with Crippen LogP contribution >= 0.6 is 35.0 Å². The van der Waals surface area contributed by atoms with Gasteiger partial charge in [0.15, 0.2) is 0 Å². The zero-order valence-electron chi connectivity index (χ0n) is 13.0. The van der Waals surface area contributed by atoms with Crippen LogP contribution in [0.3, 0.4) is 0 Å². The number of benzene rings is 2. The molecular formula is C17H17Cl2NO3S. The summed E-state index contributed by atoms with van der Waals surface area (Å²) in [5.41, 5.74) is 0.742. The first kappa shape index (κ1) is 18.9. The molecule has 2 aromatic rings. The van der Waals surface area contributed by atoms with E-state index in [1.165, 1.54) is 18.7 Å². The lowest BCUT2D eigenvalue weighted by Gasteiger charge is -2.13. The van der Waals surface area contributed by atoms with E-state index < -0.39 is 6.10 Å². The highest BCUT2D eigenvalue weighted by Crippen LogP contribution is 2.28. The number of amides is 1. The van der Waals surface area contributed by atoms with Gasteiger partial charge in [0, 0.05) is 34.3 Å². The number of carbonyl (C=O) groups excluding carboxylic acids is 1. The molecule has 0 unspecified atom stereocenters. The van der Waals surface area contributed by atoms with Crippen molar-refractivity contribution in [2.24, 2.45) is 0 Å². The van der Waals surface area contributed by atoms with Crippen LogP contribution in [0.25, 0.3) is 0 Å². The van der Waals surface area contributed by atoms with E-state index in [0.29, 0.717) is 21.5 Å². The summed E-state index contributed by atoms with van der Waals surface area (Å²) < 4.78 is 5.50. The van der Waals surface area contributed by atoms with Crippen molar-refractivity contribution in [3.63, 3.8) is 0 Å². The minimum atomic E-state index is -0.653. The van der Waals surface area contributed by atoms with Crippen molar-refractivity contribution in [1.82, 2.24) is 0 Å². The highest BCUT2D eigenvalue weighted by atomic mass is 35.5. The molecule has 0 fully saturated rings. The van der Waals surface area contributed by atoms with Crippen LogP contribution in [-0.2, 0) is 4.79 Å².